The molecule has 5 heteroatoms. The molecule has 1 aliphatic heterocycles. The minimum atomic E-state index is -0.0617. The number of hydrogen-bond acceptors (Lipinski definition) is 4. The Morgan fingerprint density at radius 3 is 2.88 bits per heavy atom. The molecular weight excluding hydrogens is 274 g/mol. The minimum Gasteiger partial charge on any atom is -0.293 e. The highest BCUT2D eigenvalue weighted by atomic mass is 35.5. The third kappa shape index (κ3) is 3.05. The molecule has 0 saturated carbocycles. The predicted octanol–water partition coefficient (Wildman–Crippen LogP) is 3.41. The summed E-state index contributed by atoms with van der Waals surface area (Å²) in [6.07, 6.45) is 1.18. The Morgan fingerprint density at radius 2 is 2.35 bits per heavy atom. The van der Waals surface area contributed by atoms with Crippen LogP contribution in [-0.4, -0.2) is 41.3 Å². The van der Waals surface area contributed by atoms with E-state index in [0.29, 0.717) is 10.4 Å². The standard InChI is InChI=1S/C12H16ClNOS2/c1-8(14(2)9-5-6-16-7-9)12(15)10-3-4-11(13)17-10/h3-4,8-9H,5-7H2,1-2H3. The van der Waals surface area contributed by atoms with Gasteiger partial charge in [-0.3, -0.25) is 9.69 Å². The molecule has 0 radical (unpaired) electrons. The maximum Gasteiger partial charge on any atom is 0.189 e. The Balaban J connectivity index is 2.03. The van der Waals surface area contributed by atoms with Crippen molar-refractivity contribution in [2.75, 3.05) is 18.6 Å². The van der Waals surface area contributed by atoms with Crippen LogP contribution in [0.2, 0.25) is 4.34 Å². The highest BCUT2D eigenvalue weighted by Crippen LogP contribution is 2.26. The molecule has 2 unspecified atom stereocenters. The van der Waals surface area contributed by atoms with Crippen molar-refractivity contribution in [2.24, 2.45) is 0 Å². The Bertz CT molecular complexity index is 401. The van der Waals surface area contributed by atoms with E-state index in [2.05, 4.69) is 4.90 Å². The van der Waals surface area contributed by atoms with E-state index in [1.165, 1.54) is 23.5 Å². The Hall–Kier alpha value is -0.0300. The van der Waals surface area contributed by atoms with E-state index >= 15 is 0 Å². The molecule has 1 fully saturated rings. The van der Waals surface area contributed by atoms with E-state index in [9.17, 15) is 4.79 Å². The first kappa shape index (κ1) is 13.4. The first-order valence-corrected chi connectivity index (χ1v) is 8.03. The average Bonchev–Trinajstić information content (AvgIpc) is 2.96. The molecule has 0 amide bonds. The van der Waals surface area contributed by atoms with Gasteiger partial charge in [-0.2, -0.15) is 11.8 Å². The van der Waals surface area contributed by atoms with Gasteiger partial charge in [0.15, 0.2) is 5.78 Å². The second-order valence-electron chi connectivity index (χ2n) is 4.33. The van der Waals surface area contributed by atoms with E-state index in [4.69, 9.17) is 11.6 Å². The summed E-state index contributed by atoms with van der Waals surface area (Å²) in [5.74, 6) is 2.53. The van der Waals surface area contributed by atoms with Crippen LogP contribution in [0.25, 0.3) is 0 Å². The van der Waals surface area contributed by atoms with Gasteiger partial charge in [0.25, 0.3) is 0 Å². The first-order valence-electron chi connectivity index (χ1n) is 5.69. The predicted molar refractivity (Wildman–Crippen MR) is 76.6 cm³/mol. The van der Waals surface area contributed by atoms with Crippen LogP contribution in [0.1, 0.15) is 23.0 Å². The number of carbonyl (C=O) groups excluding carboxylic acids is 1. The number of halogens is 1. The van der Waals surface area contributed by atoms with Crippen molar-refractivity contribution >= 4 is 40.5 Å². The second kappa shape index (κ2) is 5.74. The number of rotatable bonds is 4. The third-order valence-electron chi connectivity index (χ3n) is 3.29. The van der Waals surface area contributed by atoms with E-state index in [0.717, 1.165) is 10.6 Å². The van der Waals surface area contributed by atoms with Gasteiger partial charge < -0.3 is 0 Å². The SMILES string of the molecule is CC(C(=O)c1ccc(Cl)s1)N(C)C1CCSC1. The van der Waals surface area contributed by atoms with Crippen molar-refractivity contribution < 1.29 is 4.79 Å². The lowest BCUT2D eigenvalue weighted by atomic mass is 10.1. The molecule has 0 aromatic carbocycles. The van der Waals surface area contributed by atoms with E-state index in [-0.39, 0.29) is 11.8 Å². The van der Waals surface area contributed by atoms with Crippen LogP contribution in [0.3, 0.4) is 0 Å². The third-order valence-corrected chi connectivity index (χ3v) is 5.68. The lowest BCUT2D eigenvalue weighted by molar-refractivity contribution is 0.0835. The molecule has 2 nitrogen and oxygen atoms in total. The fourth-order valence-corrected chi connectivity index (χ4v) is 4.34. The Labute approximate surface area is 115 Å². The maximum absolute atomic E-state index is 12.3. The number of Topliss-reactive ketones (excluding diaryl/α,β-unsaturated/α-hetero) is 1. The van der Waals surface area contributed by atoms with Gasteiger partial charge in [0, 0.05) is 11.8 Å². The molecule has 17 heavy (non-hydrogen) atoms. The molecule has 1 saturated heterocycles. The molecule has 0 aliphatic carbocycles. The van der Waals surface area contributed by atoms with Gasteiger partial charge in [0.05, 0.1) is 15.3 Å². The maximum atomic E-state index is 12.3. The van der Waals surface area contributed by atoms with Crippen LogP contribution in [0, 0.1) is 0 Å². The minimum absolute atomic E-state index is 0.0617. The highest BCUT2D eigenvalue weighted by molar-refractivity contribution is 7.99. The summed E-state index contributed by atoms with van der Waals surface area (Å²) >= 11 is 9.20. The first-order chi connectivity index (χ1) is 8.09. The van der Waals surface area contributed by atoms with Crippen molar-refractivity contribution in [3.05, 3.63) is 21.3 Å². The number of hydrogen-bond donors (Lipinski definition) is 0. The molecule has 2 atom stereocenters. The van der Waals surface area contributed by atoms with Crippen molar-refractivity contribution in [1.29, 1.82) is 0 Å². The summed E-state index contributed by atoms with van der Waals surface area (Å²) in [5.41, 5.74) is 0. The molecular formula is C12H16ClNOS2. The summed E-state index contributed by atoms with van der Waals surface area (Å²) in [7, 11) is 2.05. The van der Waals surface area contributed by atoms with Crippen LogP contribution in [0.4, 0.5) is 0 Å². The van der Waals surface area contributed by atoms with Gasteiger partial charge in [-0.05, 0) is 38.3 Å². The second-order valence-corrected chi connectivity index (χ2v) is 7.19. The summed E-state index contributed by atoms with van der Waals surface area (Å²) in [4.78, 5) is 15.2. The number of carbonyl (C=O) groups is 1. The Morgan fingerprint density at radius 1 is 1.59 bits per heavy atom. The smallest absolute Gasteiger partial charge is 0.189 e. The number of ketones is 1. The van der Waals surface area contributed by atoms with Gasteiger partial charge in [0.2, 0.25) is 0 Å². The number of likely N-dealkylation sites (N-methyl/N-ethyl adjacent to an activating group) is 1. The molecule has 2 heterocycles. The van der Waals surface area contributed by atoms with Crippen molar-refractivity contribution in [2.45, 2.75) is 25.4 Å². The van der Waals surface area contributed by atoms with Gasteiger partial charge in [-0.15, -0.1) is 11.3 Å². The Kier molecular flexibility index (Phi) is 4.53. The zero-order valence-corrected chi connectivity index (χ0v) is 12.4. The molecule has 0 N–H and O–H groups in total. The van der Waals surface area contributed by atoms with Crippen LogP contribution >= 0.6 is 34.7 Å². The van der Waals surface area contributed by atoms with Gasteiger partial charge in [0.1, 0.15) is 0 Å². The van der Waals surface area contributed by atoms with Crippen molar-refractivity contribution in [3.8, 4) is 0 Å². The van der Waals surface area contributed by atoms with Gasteiger partial charge in [-0.1, -0.05) is 11.6 Å². The fraction of sp³-hybridized carbons (Fsp3) is 0.583. The van der Waals surface area contributed by atoms with Crippen molar-refractivity contribution in [1.82, 2.24) is 4.90 Å². The summed E-state index contributed by atoms with van der Waals surface area (Å²) in [6.45, 7) is 1.99. The zero-order chi connectivity index (χ0) is 12.4. The van der Waals surface area contributed by atoms with Crippen LogP contribution in [0.15, 0.2) is 12.1 Å². The molecule has 0 bridgehead atoms. The van der Waals surface area contributed by atoms with Gasteiger partial charge >= 0.3 is 0 Å². The average molecular weight is 290 g/mol. The highest BCUT2D eigenvalue weighted by Gasteiger charge is 2.28. The molecule has 94 valence electrons. The number of nitrogens with zero attached hydrogens (tertiary/aromatic N) is 1. The number of thiophene rings is 1. The molecule has 2 rings (SSSR count). The zero-order valence-electron chi connectivity index (χ0n) is 9.98. The summed E-state index contributed by atoms with van der Waals surface area (Å²) in [6, 6.07) is 4.09. The van der Waals surface area contributed by atoms with E-state index in [1.54, 1.807) is 6.07 Å². The monoisotopic (exact) mass is 289 g/mol. The molecule has 1 aromatic rings. The molecule has 0 spiro atoms. The number of thioether (sulfide) groups is 1. The molecule has 1 aliphatic rings. The lowest BCUT2D eigenvalue weighted by Crippen LogP contribution is -2.42. The van der Waals surface area contributed by atoms with Crippen molar-refractivity contribution in [3.63, 3.8) is 0 Å². The molecule has 1 aromatic heterocycles. The quantitative estimate of drug-likeness (QED) is 0.792. The summed E-state index contributed by atoms with van der Waals surface area (Å²) in [5, 5.41) is 0. The summed E-state index contributed by atoms with van der Waals surface area (Å²) < 4.78 is 0.680. The largest absolute Gasteiger partial charge is 0.293 e. The van der Waals surface area contributed by atoms with Crippen LogP contribution < -0.4 is 0 Å². The lowest BCUT2D eigenvalue weighted by Gasteiger charge is -2.28. The van der Waals surface area contributed by atoms with E-state index in [1.807, 2.05) is 31.8 Å². The van der Waals surface area contributed by atoms with Crippen LogP contribution in [-0.2, 0) is 0 Å². The topological polar surface area (TPSA) is 20.3 Å². The van der Waals surface area contributed by atoms with Gasteiger partial charge in [-0.25, -0.2) is 0 Å². The van der Waals surface area contributed by atoms with E-state index < -0.39 is 0 Å². The normalized spacial score (nSPS) is 22.0. The van der Waals surface area contributed by atoms with Crippen LogP contribution in [0.5, 0.6) is 0 Å². The fourth-order valence-electron chi connectivity index (χ4n) is 2.00.